The SMILES string of the molecule is Cc1nc(-c2ccc(F)cc2)sc1C=NNC(N)=S. The molecule has 7 heteroatoms. The van der Waals surface area contributed by atoms with Gasteiger partial charge in [0.05, 0.1) is 16.8 Å². The van der Waals surface area contributed by atoms with E-state index in [9.17, 15) is 4.39 Å². The van der Waals surface area contributed by atoms with Gasteiger partial charge >= 0.3 is 0 Å². The Labute approximate surface area is 119 Å². The van der Waals surface area contributed by atoms with Gasteiger partial charge in [0.15, 0.2) is 5.11 Å². The minimum atomic E-state index is -0.264. The van der Waals surface area contributed by atoms with Crippen LogP contribution in [0, 0.1) is 12.7 Å². The minimum absolute atomic E-state index is 0.108. The fourth-order valence-corrected chi connectivity index (χ4v) is 2.39. The summed E-state index contributed by atoms with van der Waals surface area (Å²) < 4.78 is 12.9. The largest absolute Gasteiger partial charge is 0.375 e. The zero-order valence-corrected chi connectivity index (χ0v) is 11.7. The molecule has 1 aromatic heterocycles. The van der Waals surface area contributed by atoms with E-state index in [1.54, 1.807) is 18.3 Å². The quantitative estimate of drug-likeness (QED) is 0.518. The standard InChI is InChI=1S/C12H11FN4S2/c1-7-10(6-15-17-12(14)18)19-11(16-7)8-2-4-9(13)5-3-8/h2-6H,1H3,(H3,14,17,18). The summed E-state index contributed by atoms with van der Waals surface area (Å²) in [5.41, 5.74) is 9.47. The highest BCUT2D eigenvalue weighted by molar-refractivity contribution is 7.80. The molecule has 0 saturated carbocycles. The summed E-state index contributed by atoms with van der Waals surface area (Å²) in [5.74, 6) is -0.264. The van der Waals surface area contributed by atoms with Crippen LogP contribution in [0.15, 0.2) is 29.4 Å². The average Bonchev–Trinajstić information content (AvgIpc) is 2.71. The molecule has 0 spiro atoms. The van der Waals surface area contributed by atoms with Gasteiger partial charge in [-0.15, -0.1) is 11.3 Å². The maximum absolute atomic E-state index is 12.9. The molecule has 0 aliphatic rings. The van der Waals surface area contributed by atoms with Gasteiger partial charge < -0.3 is 5.73 Å². The Morgan fingerprint density at radius 3 is 2.79 bits per heavy atom. The van der Waals surface area contributed by atoms with E-state index in [0.29, 0.717) is 0 Å². The van der Waals surface area contributed by atoms with Crippen LogP contribution in [0.25, 0.3) is 10.6 Å². The van der Waals surface area contributed by atoms with E-state index in [2.05, 4.69) is 27.7 Å². The maximum Gasteiger partial charge on any atom is 0.184 e. The Hall–Kier alpha value is -1.86. The zero-order chi connectivity index (χ0) is 13.8. The fourth-order valence-electron chi connectivity index (χ4n) is 1.40. The van der Waals surface area contributed by atoms with Gasteiger partial charge in [-0.3, -0.25) is 5.43 Å². The van der Waals surface area contributed by atoms with E-state index in [4.69, 9.17) is 5.73 Å². The number of benzene rings is 1. The highest BCUT2D eigenvalue weighted by atomic mass is 32.1. The molecule has 1 heterocycles. The van der Waals surface area contributed by atoms with Crippen molar-refractivity contribution in [3.05, 3.63) is 40.7 Å². The fraction of sp³-hybridized carbons (Fsp3) is 0.0833. The van der Waals surface area contributed by atoms with E-state index in [0.717, 1.165) is 21.1 Å². The van der Waals surface area contributed by atoms with Crippen LogP contribution in [-0.2, 0) is 0 Å². The second-order valence-corrected chi connectivity index (χ2v) is 5.18. The van der Waals surface area contributed by atoms with E-state index in [-0.39, 0.29) is 10.9 Å². The van der Waals surface area contributed by atoms with Crippen molar-refractivity contribution >= 4 is 34.9 Å². The number of hydrogen-bond acceptors (Lipinski definition) is 4. The molecule has 2 aromatic rings. The van der Waals surface area contributed by atoms with Crippen LogP contribution in [0.3, 0.4) is 0 Å². The molecule has 98 valence electrons. The minimum Gasteiger partial charge on any atom is -0.375 e. The van der Waals surface area contributed by atoms with Crippen LogP contribution in [0.4, 0.5) is 4.39 Å². The summed E-state index contributed by atoms with van der Waals surface area (Å²) in [7, 11) is 0. The van der Waals surface area contributed by atoms with Crippen LogP contribution in [0.5, 0.6) is 0 Å². The van der Waals surface area contributed by atoms with Crippen molar-refractivity contribution in [3.8, 4) is 10.6 Å². The molecule has 0 saturated heterocycles. The van der Waals surface area contributed by atoms with Crippen LogP contribution >= 0.6 is 23.6 Å². The van der Waals surface area contributed by atoms with Gasteiger partial charge in [-0.05, 0) is 43.4 Å². The highest BCUT2D eigenvalue weighted by Gasteiger charge is 2.07. The number of rotatable bonds is 3. The van der Waals surface area contributed by atoms with Crippen molar-refractivity contribution in [2.75, 3.05) is 0 Å². The van der Waals surface area contributed by atoms with E-state index in [1.807, 2.05) is 6.92 Å². The lowest BCUT2D eigenvalue weighted by Crippen LogP contribution is -2.23. The number of thiazole rings is 1. The molecule has 0 amide bonds. The molecule has 3 N–H and O–H groups in total. The normalized spacial score (nSPS) is 10.8. The first kappa shape index (κ1) is 13.6. The van der Waals surface area contributed by atoms with Gasteiger partial charge in [-0.2, -0.15) is 5.10 Å². The zero-order valence-electron chi connectivity index (χ0n) is 10.1. The number of nitrogens with two attached hydrogens (primary N) is 1. The molecule has 0 aliphatic carbocycles. The number of halogens is 1. The Morgan fingerprint density at radius 2 is 2.16 bits per heavy atom. The average molecular weight is 294 g/mol. The molecule has 19 heavy (non-hydrogen) atoms. The van der Waals surface area contributed by atoms with Crippen LogP contribution < -0.4 is 11.2 Å². The van der Waals surface area contributed by atoms with Gasteiger partial charge in [0, 0.05) is 5.56 Å². The molecule has 0 atom stereocenters. The number of nitrogens with zero attached hydrogens (tertiary/aromatic N) is 2. The Bertz CT molecular complexity index is 619. The Balaban J connectivity index is 2.23. The summed E-state index contributed by atoms with van der Waals surface area (Å²) in [5, 5.41) is 4.81. The molecule has 0 fully saturated rings. The molecule has 1 aromatic carbocycles. The summed E-state index contributed by atoms with van der Waals surface area (Å²) in [4.78, 5) is 5.31. The van der Waals surface area contributed by atoms with Crippen molar-refractivity contribution in [2.45, 2.75) is 6.92 Å². The van der Waals surface area contributed by atoms with Crippen molar-refractivity contribution < 1.29 is 4.39 Å². The van der Waals surface area contributed by atoms with Crippen molar-refractivity contribution in [1.29, 1.82) is 0 Å². The second kappa shape index (κ2) is 5.85. The number of thiocarbonyl (C=S) groups is 1. The number of aromatic nitrogens is 1. The maximum atomic E-state index is 12.9. The summed E-state index contributed by atoms with van der Waals surface area (Å²) >= 11 is 6.11. The van der Waals surface area contributed by atoms with E-state index in [1.165, 1.54) is 23.5 Å². The van der Waals surface area contributed by atoms with Crippen LogP contribution in [0.2, 0.25) is 0 Å². The smallest absolute Gasteiger partial charge is 0.184 e. The van der Waals surface area contributed by atoms with Gasteiger partial charge in [-0.1, -0.05) is 0 Å². The van der Waals surface area contributed by atoms with Crippen molar-refractivity contribution in [2.24, 2.45) is 10.8 Å². The third-order valence-corrected chi connectivity index (χ3v) is 3.51. The number of hydrazone groups is 1. The molecule has 0 radical (unpaired) electrons. The predicted octanol–water partition coefficient (Wildman–Crippen LogP) is 2.42. The lowest BCUT2D eigenvalue weighted by molar-refractivity contribution is 0.628. The molecular weight excluding hydrogens is 283 g/mol. The van der Waals surface area contributed by atoms with Crippen LogP contribution in [0.1, 0.15) is 10.6 Å². The van der Waals surface area contributed by atoms with Gasteiger partial charge in [0.2, 0.25) is 0 Å². The number of hydrogen-bond donors (Lipinski definition) is 2. The monoisotopic (exact) mass is 294 g/mol. The summed E-state index contributed by atoms with van der Waals surface area (Å²) in [6.45, 7) is 1.88. The molecular formula is C12H11FN4S2. The van der Waals surface area contributed by atoms with Crippen molar-refractivity contribution in [3.63, 3.8) is 0 Å². The van der Waals surface area contributed by atoms with E-state index >= 15 is 0 Å². The lowest BCUT2D eigenvalue weighted by atomic mass is 10.2. The third kappa shape index (κ3) is 3.55. The summed E-state index contributed by atoms with van der Waals surface area (Å²) in [6.07, 6.45) is 1.61. The molecule has 4 nitrogen and oxygen atoms in total. The first-order valence-electron chi connectivity index (χ1n) is 5.38. The lowest BCUT2D eigenvalue weighted by Gasteiger charge is -1.94. The van der Waals surface area contributed by atoms with Gasteiger partial charge in [-0.25, -0.2) is 9.37 Å². The third-order valence-electron chi connectivity index (χ3n) is 2.28. The first-order chi connectivity index (χ1) is 9.06. The first-order valence-corrected chi connectivity index (χ1v) is 6.60. The summed E-state index contributed by atoms with van der Waals surface area (Å²) in [6, 6.07) is 6.21. The molecule has 0 bridgehead atoms. The molecule has 0 unspecified atom stereocenters. The number of nitrogens with one attached hydrogen (secondary N) is 1. The highest BCUT2D eigenvalue weighted by Crippen LogP contribution is 2.26. The topological polar surface area (TPSA) is 63.3 Å². The van der Waals surface area contributed by atoms with Gasteiger partial charge in [0.25, 0.3) is 0 Å². The second-order valence-electron chi connectivity index (χ2n) is 3.71. The Kier molecular flexibility index (Phi) is 4.18. The number of aryl methyl sites for hydroxylation is 1. The Morgan fingerprint density at radius 1 is 1.47 bits per heavy atom. The molecule has 2 rings (SSSR count). The van der Waals surface area contributed by atoms with Crippen molar-refractivity contribution in [1.82, 2.24) is 10.4 Å². The van der Waals surface area contributed by atoms with Gasteiger partial charge in [0.1, 0.15) is 10.8 Å². The predicted molar refractivity (Wildman–Crippen MR) is 79.8 cm³/mol. The van der Waals surface area contributed by atoms with E-state index < -0.39 is 0 Å². The molecule has 0 aliphatic heterocycles. The van der Waals surface area contributed by atoms with Crippen LogP contribution in [-0.4, -0.2) is 16.3 Å².